The van der Waals surface area contributed by atoms with Gasteiger partial charge in [-0.1, -0.05) is 17.2 Å². The number of hydrogen-bond donors (Lipinski definition) is 0. The van der Waals surface area contributed by atoms with E-state index in [1.807, 2.05) is 31.2 Å². The lowest BCUT2D eigenvalue weighted by atomic mass is 10.2. The van der Waals surface area contributed by atoms with Gasteiger partial charge >= 0.3 is 5.97 Å². The fourth-order valence-electron chi connectivity index (χ4n) is 1.38. The van der Waals surface area contributed by atoms with Crippen LogP contribution < -0.4 is 4.74 Å². The lowest BCUT2D eigenvalue weighted by Gasteiger charge is -2.15. The lowest BCUT2D eigenvalue weighted by Crippen LogP contribution is -2.26. The van der Waals surface area contributed by atoms with E-state index in [4.69, 9.17) is 15.0 Å². The van der Waals surface area contributed by atoms with E-state index in [0.717, 1.165) is 5.56 Å². The van der Waals surface area contributed by atoms with E-state index in [2.05, 4.69) is 10.0 Å². The van der Waals surface area contributed by atoms with Crippen LogP contribution >= 0.6 is 0 Å². The molecule has 0 amide bonds. The quantitative estimate of drug-likeness (QED) is 0.336. The van der Waals surface area contributed by atoms with Crippen LogP contribution in [0.2, 0.25) is 0 Å². The molecule has 1 atom stereocenters. The van der Waals surface area contributed by atoms with Gasteiger partial charge in [0.25, 0.3) is 0 Å². The van der Waals surface area contributed by atoms with E-state index >= 15 is 0 Å². The minimum absolute atomic E-state index is 0.0574. The highest BCUT2D eigenvalue weighted by Gasteiger charge is 2.12. The normalized spacial score (nSPS) is 11.2. The first-order valence-electron chi connectivity index (χ1n) is 5.49. The first-order valence-corrected chi connectivity index (χ1v) is 5.49. The summed E-state index contributed by atoms with van der Waals surface area (Å²) in [7, 11) is 0. The van der Waals surface area contributed by atoms with Gasteiger partial charge < -0.3 is 9.47 Å². The second-order valence-electron chi connectivity index (χ2n) is 3.77. The van der Waals surface area contributed by atoms with Crippen molar-refractivity contribution >= 4 is 5.97 Å². The van der Waals surface area contributed by atoms with Crippen molar-refractivity contribution in [2.24, 2.45) is 5.11 Å². The van der Waals surface area contributed by atoms with E-state index in [9.17, 15) is 4.79 Å². The van der Waals surface area contributed by atoms with E-state index in [-0.39, 0.29) is 13.2 Å². The van der Waals surface area contributed by atoms with Gasteiger partial charge in [0.15, 0.2) is 0 Å². The molecular formula is C12H15N3O3. The molecule has 0 spiro atoms. The highest BCUT2D eigenvalue weighted by Crippen LogP contribution is 2.13. The van der Waals surface area contributed by atoms with Crippen LogP contribution in [0.3, 0.4) is 0 Å². The smallest absolute Gasteiger partial charge is 0.303 e. The molecule has 0 heterocycles. The molecule has 0 unspecified atom stereocenters. The van der Waals surface area contributed by atoms with Gasteiger partial charge in [-0.05, 0) is 30.2 Å². The Morgan fingerprint density at radius 1 is 1.56 bits per heavy atom. The Bertz CT molecular complexity index is 452. The molecule has 0 aliphatic rings. The summed E-state index contributed by atoms with van der Waals surface area (Å²) >= 11 is 0. The first kappa shape index (κ1) is 13.9. The number of carbonyl (C=O) groups is 1. The summed E-state index contributed by atoms with van der Waals surface area (Å²) < 4.78 is 10.5. The van der Waals surface area contributed by atoms with Crippen molar-refractivity contribution < 1.29 is 14.3 Å². The predicted molar refractivity (Wildman–Crippen MR) is 66.2 cm³/mol. The van der Waals surface area contributed by atoms with Gasteiger partial charge in [0.05, 0.1) is 6.54 Å². The maximum atomic E-state index is 10.9. The molecule has 0 bridgehead atoms. The highest BCUT2D eigenvalue weighted by molar-refractivity contribution is 5.66. The average molecular weight is 249 g/mol. The molecule has 6 nitrogen and oxygen atoms in total. The van der Waals surface area contributed by atoms with Crippen molar-refractivity contribution in [3.63, 3.8) is 0 Å². The average Bonchev–Trinajstić information content (AvgIpc) is 2.32. The molecule has 0 aliphatic heterocycles. The number of rotatable bonds is 6. The van der Waals surface area contributed by atoms with Crippen LogP contribution in [-0.4, -0.2) is 25.2 Å². The molecule has 0 N–H and O–H groups in total. The number of ether oxygens (including phenoxy) is 2. The maximum absolute atomic E-state index is 10.9. The van der Waals surface area contributed by atoms with Gasteiger partial charge in [-0.3, -0.25) is 4.79 Å². The van der Waals surface area contributed by atoms with E-state index < -0.39 is 12.1 Å². The largest absolute Gasteiger partial charge is 0.490 e. The van der Waals surface area contributed by atoms with Crippen LogP contribution in [-0.2, 0) is 9.53 Å². The van der Waals surface area contributed by atoms with Crippen molar-refractivity contribution in [3.05, 3.63) is 40.3 Å². The number of hydrogen-bond acceptors (Lipinski definition) is 4. The molecule has 0 saturated heterocycles. The fourth-order valence-corrected chi connectivity index (χ4v) is 1.38. The molecule has 0 aliphatic carbocycles. The van der Waals surface area contributed by atoms with Gasteiger partial charge in [-0.2, -0.15) is 0 Å². The number of aryl methyl sites for hydroxylation is 1. The number of azide groups is 1. The third kappa shape index (κ3) is 5.23. The summed E-state index contributed by atoms with van der Waals surface area (Å²) in [5, 5.41) is 3.38. The highest BCUT2D eigenvalue weighted by atomic mass is 16.6. The standard InChI is InChI=1S/C12H15N3O3/c1-9-4-3-5-11(6-9)17-8-12(7-14-15-13)18-10(2)16/h3-6,12H,7-8H2,1-2H3/t12-/m1/s1. The molecule has 6 heteroatoms. The van der Waals surface area contributed by atoms with Crippen molar-refractivity contribution in [3.8, 4) is 5.75 Å². The van der Waals surface area contributed by atoms with Gasteiger partial charge in [0.1, 0.15) is 18.5 Å². The molecule has 1 aromatic carbocycles. The Morgan fingerprint density at radius 3 is 2.94 bits per heavy atom. The second-order valence-corrected chi connectivity index (χ2v) is 3.77. The Kier molecular flexibility index (Phi) is 5.54. The van der Waals surface area contributed by atoms with Crippen LogP contribution in [0.15, 0.2) is 29.4 Å². The van der Waals surface area contributed by atoms with Crippen molar-refractivity contribution in [2.75, 3.05) is 13.2 Å². The molecule has 1 rings (SSSR count). The molecular weight excluding hydrogens is 234 g/mol. The number of carbonyl (C=O) groups excluding carboxylic acids is 1. The van der Waals surface area contributed by atoms with E-state index in [1.54, 1.807) is 0 Å². The van der Waals surface area contributed by atoms with E-state index in [0.29, 0.717) is 5.75 Å². The maximum Gasteiger partial charge on any atom is 0.303 e. The summed E-state index contributed by atoms with van der Waals surface area (Å²) in [6, 6.07) is 7.51. The lowest BCUT2D eigenvalue weighted by molar-refractivity contribution is -0.147. The van der Waals surface area contributed by atoms with E-state index in [1.165, 1.54) is 6.92 Å². The van der Waals surface area contributed by atoms with Gasteiger partial charge in [0, 0.05) is 11.8 Å². The topological polar surface area (TPSA) is 84.3 Å². The molecule has 18 heavy (non-hydrogen) atoms. The van der Waals surface area contributed by atoms with Gasteiger partial charge in [-0.15, -0.1) is 0 Å². The zero-order valence-corrected chi connectivity index (χ0v) is 10.4. The summed E-state index contributed by atoms with van der Waals surface area (Å²) in [6.07, 6.45) is -0.570. The Hall–Kier alpha value is -2.20. The summed E-state index contributed by atoms with van der Waals surface area (Å²) in [5.41, 5.74) is 9.32. The Morgan fingerprint density at radius 2 is 2.33 bits per heavy atom. The van der Waals surface area contributed by atoms with Gasteiger partial charge in [-0.25, -0.2) is 0 Å². The zero-order valence-electron chi connectivity index (χ0n) is 10.4. The first-order chi connectivity index (χ1) is 8.61. The number of esters is 1. The van der Waals surface area contributed by atoms with Crippen molar-refractivity contribution in [1.29, 1.82) is 0 Å². The second kappa shape index (κ2) is 7.19. The minimum Gasteiger partial charge on any atom is -0.490 e. The van der Waals surface area contributed by atoms with Gasteiger partial charge in [0.2, 0.25) is 0 Å². The van der Waals surface area contributed by atoms with Crippen LogP contribution in [0.4, 0.5) is 0 Å². The molecule has 0 radical (unpaired) electrons. The van der Waals surface area contributed by atoms with Crippen molar-refractivity contribution in [2.45, 2.75) is 20.0 Å². The Balaban J connectivity index is 2.55. The fraction of sp³-hybridized carbons (Fsp3) is 0.417. The summed E-state index contributed by atoms with van der Waals surface area (Å²) in [5.74, 6) is 0.258. The summed E-state index contributed by atoms with van der Waals surface area (Å²) in [4.78, 5) is 13.5. The van der Waals surface area contributed by atoms with Crippen molar-refractivity contribution in [1.82, 2.24) is 0 Å². The number of nitrogens with zero attached hydrogens (tertiary/aromatic N) is 3. The van der Waals surface area contributed by atoms with Crippen LogP contribution in [0.1, 0.15) is 12.5 Å². The molecule has 1 aromatic rings. The molecule has 0 aromatic heterocycles. The predicted octanol–water partition coefficient (Wildman–Crippen LogP) is 2.62. The molecule has 0 fully saturated rings. The van der Waals surface area contributed by atoms with Crippen LogP contribution in [0.5, 0.6) is 5.75 Å². The van der Waals surface area contributed by atoms with Crippen LogP contribution in [0, 0.1) is 6.92 Å². The third-order valence-corrected chi connectivity index (χ3v) is 2.11. The summed E-state index contributed by atoms with van der Waals surface area (Å²) in [6.45, 7) is 3.47. The zero-order chi connectivity index (χ0) is 13.4. The number of benzene rings is 1. The molecule has 0 saturated carbocycles. The molecule has 96 valence electrons. The SMILES string of the molecule is CC(=O)O[C@H](CN=[N+]=[N-])COc1cccc(C)c1. The third-order valence-electron chi connectivity index (χ3n) is 2.11. The Labute approximate surface area is 105 Å². The minimum atomic E-state index is -0.570. The monoisotopic (exact) mass is 249 g/mol. The van der Waals surface area contributed by atoms with Crippen LogP contribution in [0.25, 0.3) is 10.4 Å².